The first-order valence-corrected chi connectivity index (χ1v) is 4.64. The zero-order valence-electron chi connectivity index (χ0n) is 9.33. The first kappa shape index (κ1) is 12.0. The lowest BCUT2D eigenvalue weighted by atomic mass is 10.1. The Balaban J connectivity index is 3.40. The monoisotopic (exact) mass is 223 g/mol. The molecule has 5 nitrogen and oxygen atoms in total. The van der Waals surface area contributed by atoms with Gasteiger partial charge in [-0.05, 0) is 13.0 Å². The van der Waals surface area contributed by atoms with Gasteiger partial charge < -0.3 is 15.2 Å². The number of methoxy groups -OCH3 is 1. The maximum Gasteiger partial charge on any atom is 0.221 e. The molecule has 16 heavy (non-hydrogen) atoms. The van der Waals surface area contributed by atoms with Gasteiger partial charge in [-0.25, -0.2) is 0 Å². The fourth-order valence-electron chi connectivity index (χ4n) is 1.45. The molecule has 0 aliphatic rings. The lowest BCUT2D eigenvalue weighted by Crippen LogP contribution is -2.08. The van der Waals surface area contributed by atoms with Crippen molar-refractivity contribution in [2.24, 2.45) is 0 Å². The first-order valence-electron chi connectivity index (χ1n) is 4.64. The number of phenols is 1. The van der Waals surface area contributed by atoms with Crippen LogP contribution in [0.25, 0.3) is 0 Å². The predicted molar refractivity (Wildman–Crippen MR) is 59.1 cm³/mol. The normalized spacial score (nSPS) is 9.69. The summed E-state index contributed by atoms with van der Waals surface area (Å²) >= 11 is 0. The van der Waals surface area contributed by atoms with E-state index < -0.39 is 0 Å². The van der Waals surface area contributed by atoms with Crippen LogP contribution in [0.4, 0.5) is 5.69 Å². The molecule has 0 spiro atoms. The van der Waals surface area contributed by atoms with E-state index in [1.807, 2.05) is 0 Å². The molecule has 0 saturated heterocycles. The van der Waals surface area contributed by atoms with Crippen LogP contribution in [-0.4, -0.2) is 24.4 Å². The average molecular weight is 223 g/mol. The van der Waals surface area contributed by atoms with Crippen LogP contribution < -0.4 is 10.1 Å². The molecule has 0 saturated carbocycles. The highest BCUT2D eigenvalue weighted by Crippen LogP contribution is 2.36. The second-order valence-corrected chi connectivity index (χ2v) is 3.32. The quantitative estimate of drug-likeness (QED) is 0.601. The standard InChI is InChI=1S/C11H13NO4/c1-6-10(15)8(5-13)4-9(11(6)16-3)12-7(2)14/h4-5,15H,1-3H3,(H,12,14). The Hall–Kier alpha value is -2.04. The molecule has 0 unspecified atom stereocenters. The van der Waals surface area contributed by atoms with Crippen LogP contribution in [-0.2, 0) is 4.79 Å². The largest absolute Gasteiger partial charge is 0.507 e. The van der Waals surface area contributed by atoms with Gasteiger partial charge in [-0.3, -0.25) is 9.59 Å². The van der Waals surface area contributed by atoms with Gasteiger partial charge in [0.25, 0.3) is 0 Å². The molecule has 86 valence electrons. The number of nitrogens with one attached hydrogen (secondary N) is 1. The summed E-state index contributed by atoms with van der Waals surface area (Å²) in [5.74, 6) is -0.0699. The van der Waals surface area contributed by atoms with Gasteiger partial charge in [-0.2, -0.15) is 0 Å². The summed E-state index contributed by atoms with van der Waals surface area (Å²) in [6, 6.07) is 1.37. The second kappa shape index (κ2) is 4.65. The zero-order chi connectivity index (χ0) is 12.3. The Labute approximate surface area is 93.0 Å². The molecular formula is C11H13NO4. The van der Waals surface area contributed by atoms with Crippen molar-refractivity contribution in [2.45, 2.75) is 13.8 Å². The fourth-order valence-corrected chi connectivity index (χ4v) is 1.45. The second-order valence-electron chi connectivity index (χ2n) is 3.32. The summed E-state index contributed by atoms with van der Waals surface area (Å²) in [5.41, 5.74) is 0.894. The van der Waals surface area contributed by atoms with E-state index in [9.17, 15) is 14.7 Å². The van der Waals surface area contributed by atoms with Gasteiger partial charge in [0.2, 0.25) is 5.91 Å². The third kappa shape index (κ3) is 2.13. The highest BCUT2D eigenvalue weighted by molar-refractivity contribution is 5.94. The van der Waals surface area contributed by atoms with Crippen molar-refractivity contribution in [1.29, 1.82) is 0 Å². The van der Waals surface area contributed by atoms with Crippen LogP contribution in [0.2, 0.25) is 0 Å². The number of aromatic hydroxyl groups is 1. The molecule has 0 atom stereocenters. The Morgan fingerprint density at radius 2 is 2.19 bits per heavy atom. The minimum absolute atomic E-state index is 0.113. The van der Waals surface area contributed by atoms with Crippen LogP contribution in [0.15, 0.2) is 6.07 Å². The van der Waals surface area contributed by atoms with E-state index in [0.717, 1.165) is 0 Å². The molecule has 0 aromatic heterocycles. The molecule has 0 aliphatic heterocycles. The maximum absolute atomic E-state index is 11.0. The van der Waals surface area contributed by atoms with E-state index in [1.165, 1.54) is 20.1 Å². The van der Waals surface area contributed by atoms with Crippen LogP contribution in [0.3, 0.4) is 0 Å². The van der Waals surface area contributed by atoms with E-state index in [2.05, 4.69) is 5.32 Å². The number of benzene rings is 1. The van der Waals surface area contributed by atoms with Gasteiger partial charge in [-0.15, -0.1) is 0 Å². The molecule has 0 bridgehead atoms. The van der Waals surface area contributed by atoms with E-state index in [0.29, 0.717) is 23.3 Å². The van der Waals surface area contributed by atoms with E-state index in [1.54, 1.807) is 6.92 Å². The summed E-state index contributed by atoms with van der Waals surface area (Å²) in [7, 11) is 1.42. The summed E-state index contributed by atoms with van der Waals surface area (Å²) in [6.07, 6.45) is 0.521. The van der Waals surface area contributed by atoms with E-state index in [4.69, 9.17) is 4.74 Å². The Kier molecular flexibility index (Phi) is 3.50. The third-order valence-corrected chi connectivity index (χ3v) is 2.16. The smallest absolute Gasteiger partial charge is 0.221 e. The first-order chi connectivity index (χ1) is 7.51. The number of phenolic OH excluding ortho intramolecular Hbond substituents is 1. The Morgan fingerprint density at radius 3 is 2.62 bits per heavy atom. The van der Waals surface area contributed by atoms with E-state index in [-0.39, 0.29) is 17.2 Å². The number of aldehydes is 1. The Morgan fingerprint density at radius 1 is 1.56 bits per heavy atom. The molecule has 0 heterocycles. The van der Waals surface area contributed by atoms with Crippen molar-refractivity contribution in [3.8, 4) is 11.5 Å². The highest BCUT2D eigenvalue weighted by Gasteiger charge is 2.15. The number of rotatable bonds is 3. The molecule has 1 rings (SSSR count). The third-order valence-electron chi connectivity index (χ3n) is 2.16. The van der Waals surface area contributed by atoms with Gasteiger partial charge in [0.1, 0.15) is 11.5 Å². The van der Waals surface area contributed by atoms with Crippen LogP contribution >= 0.6 is 0 Å². The number of carbonyl (C=O) groups excluding carboxylic acids is 2. The van der Waals surface area contributed by atoms with Gasteiger partial charge in [0, 0.05) is 12.5 Å². The van der Waals surface area contributed by atoms with Gasteiger partial charge in [0.05, 0.1) is 18.4 Å². The molecule has 0 aliphatic carbocycles. The lowest BCUT2D eigenvalue weighted by Gasteiger charge is -2.14. The molecule has 0 radical (unpaired) electrons. The fraction of sp³-hybridized carbons (Fsp3) is 0.273. The van der Waals surface area contributed by atoms with E-state index >= 15 is 0 Å². The lowest BCUT2D eigenvalue weighted by molar-refractivity contribution is -0.114. The number of hydrogen-bond donors (Lipinski definition) is 2. The summed E-state index contributed by atoms with van der Waals surface area (Å²) < 4.78 is 5.07. The van der Waals surface area contributed by atoms with Crippen molar-refractivity contribution in [3.63, 3.8) is 0 Å². The van der Waals surface area contributed by atoms with Crippen molar-refractivity contribution in [1.82, 2.24) is 0 Å². The molecule has 1 aromatic carbocycles. The van der Waals surface area contributed by atoms with Crippen LogP contribution in [0, 0.1) is 6.92 Å². The van der Waals surface area contributed by atoms with Crippen molar-refractivity contribution in [2.75, 3.05) is 12.4 Å². The number of amides is 1. The van der Waals surface area contributed by atoms with Crippen molar-refractivity contribution >= 4 is 17.9 Å². The zero-order valence-corrected chi connectivity index (χ0v) is 9.33. The van der Waals surface area contributed by atoms with Gasteiger partial charge in [-0.1, -0.05) is 0 Å². The molecule has 5 heteroatoms. The molecule has 1 aromatic rings. The van der Waals surface area contributed by atoms with Gasteiger partial charge in [0.15, 0.2) is 6.29 Å². The van der Waals surface area contributed by atoms with Gasteiger partial charge >= 0.3 is 0 Å². The Bertz CT molecular complexity index is 440. The summed E-state index contributed by atoms with van der Waals surface area (Å²) in [5, 5.41) is 12.2. The number of hydrogen-bond acceptors (Lipinski definition) is 4. The SMILES string of the molecule is COc1c(NC(C)=O)cc(C=O)c(O)c1C. The number of anilines is 1. The summed E-state index contributed by atoms with van der Waals surface area (Å²) in [6.45, 7) is 2.95. The van der Waals surface area contributed by atoms with Crippen molar-refractivity contribution in [3.05, 3.63) is 17.2 Å². The van der Waals surface area contributed by atoms with Crippen molar-refractivity contribution < 1.29 is 19.4 Å². The predicted octanol–water partition coefficient (Wildman–Crippen LogP) is 1.48. The number of ether oxygens (including phenoxy) is 1. The number of carbonyl (C=O) groups is 2. The maximum atomic E-state index is 11.0. The minimum atomic E-state index is -0.278. The topological polar surface area (TPSA) is 75.6 Å². The molecular weight excluding hydrogens is 210 g/mol. The van der Waals surface area contributed by atoms with Crippen LogP contribution in [0.1, 0.15) is 22.8 Å². The average Bonchev–Trinajstić information content (AvgIpc) is 2.23. The molecule has 1 amide bonds. The minimum Gasteiger partial charge on any atom is -0.507 e. The highest BCUT2D eigenvalue weighted by atomic mass is 16.5. The molecule has 0 fully saturated rings. The molecule has 2 N–H and O–H groups in total. The summed E-state index contributed by atoms with van der Waals surface area (Å²) in [4.78, 5) is 21.7. The van der Waals surface area contributed by atoms with Crippen LogP contribution in [0.5, 0.6) is 11.5 Å².